The number of hydrogen-bond donors (Lipinski definition) is 1. The number of rotatable bonds is 3. The molecule has 0 spiro atoms. The summed E-state index contributed by atoms with van der Waals surface area (Å²) in [5, 5.41) is 1.19. The van der Waals surface area contributed by atoms with E-state index in [4.69, 9.17) is 28.9 Å². The van der Waals surface area contributed by atoms with E-state index in [0.717, 1.165) is 9.90 Å². The van der Waals surface area contributed by atoms with E-state index in [-0.39, 0.29) is 5.01 Å². The van der Waals surface area contributed by atoms with Gasteiger partial charge in [-0.05, 0) is 6.92 Å². The summed E-state index contributed by atoms with van der Waals surface area (Å²) < 4.78 is 0.832. The molecule has 2 aromatic heterocycles. The zero-order valence-corrected chi connectivity index (χ0v) is 12.3. The van der Waals surface area contributed by atoms with Crippen LogP contribution in [0.15, 0.2) is 21.5 Å². The van der Waals surface area contributed by atoms with Crippen LogP contribution in [0.5, 0.6) is 0 Å². The fourth-order valence-corrected chi connectivity index (χ4v) is 3.75. The molecule has 2 N–H and O–H groups in total. The first kappa shape index (κ1) is 13.6. The van der Waals surface area contributed by atoms with E-state index in [1.165, 1.54) is 35.5 Å². The van der Waals surface area contributed by atoms with Gasteiger partial charge in [-0.15, -0.1) is 11.3 Å². The van der Waals surface area contributed by atoms with Crippen molar-refractivity contribution in [3.8, 4) is 0 Å². The van der Waals surface area contributed by atoms with Crippen LogP contribution in [-0.4, -0.2) is 15.9 Å². The van der Waals surface area contributed by atoms with Crippen LogP contribution in [0.4, 0.5) is 0 Å². The number of pyridine rings is 1. The highest BCUT2D eigenvalue weighted by Gasteiger charge is 2.15. The number of halogens is 2. The van der Waals surface area contributed by atoms with E-state index in [1.807, 2.05) is 0 Å². The molecule has 1 amide bonds. The molecule has 94 valence electrons. The highest BCUT2D eigenvalue weighted by atomic mass is 35.5. The molecule has 0 radical (unpaired) electrons. The Balaban J connectivity index is 2.37. The maximum absolute atomic E-state index is 11.1. The van der Waals surface area contributed by atoms with Crippen LogP contribution in [0.25, 0.3) is 0 Å². The number of nitrogens with two attached hydrogens (primary N) is 1. The molecule has 0 aliphatic rings. The van der Waals surface area contributed by atoms with Gasteiger partial charge in [-0.25, -0.2) is 4.98 Å². The number of hydrogen-bond acceptors (Lipinski definition) is 5. The Labute approximate surface area is 122 Å². The highest BCUT2D eigenvalue weighted by Crippen LogP contribution is 2.41. The maximum atomic E-state index is 11.1. The molecule has 2 heterocycles. The van der Waals surface area contributed by atoms with Crippen molar-refractivity contribution in [1.82, 2.24) is 9.97 Å². The molecule has 2 rings (SSSR count). The lowest BCUT2D eigenvalue weighted by Gasteiger charge is -2.03. The highest BCUT2D eigenvalue weighted by molar-refractivity contribution is 8.01. The van der Waals surface area contributed by atoms with E-state index in [0.29, 0.717) is 14.9 Å². The third-order valence-corrected chi connectivity index (χ3v) is 5.36. The summed E-state index contributed by atoms with van der Waals surface area (Å²) in [4.78, 5) is 19.7. The van der Waals surface area contributed by atoms with Crippen LogP contribution in [-0.2, 0) is 0 Å². The number of aromatic nitrogens is 2. The van der Waals surface area contributed by atoms with Gasteiger partial charge in [0.25, 0.3) is 5.91 Å². The number of aryl methyl sites for hydroxylation is 1. The van der Waals surface area contributed by atoms with Gasteiger partial charge in [0.15, 0.2) is 5.01 Å². The van der Waals surface area contributed by atoms with Crippen molar-refractivity contribution in [3.63, 3.8) is 0 Å². The number of carbonyl (C=O) groups is 1. The fourth-order valence-electron chi connectivity index (χ4n) is 1.17. The van der Waals surface area contributed by atoms with Gasteiger partial charge in [0.1, 0.15) is 0 Å². The smallest absolute Gasteiger partial charge is 0.277 e. The Hall–Kier alpha value is -0.820. The molecular weight excluding hydrogens is 313 g/mol. The number of amides is 1. The van der Waals surface area contributed by atoms with Crippen LogP contribution < -0.4 is 5.73 Å². The number of thiazole rings is 1. The minimum atomic E-state index is -0.540. The Kier molecular flexibility index (Phi) is 4.11. The molecule has 0 unspecified atom stereocenters. The maximum Gasteiger partial charge on any atom is 0.277 e. The van der Waals surface area contributed by atoms with Gasteiger partial charge in [0, 0.05) is 12.4 Å². The summed E-state index contributed by atoms with van der Waals surface area (Å²) in [7, 11) is 0. The van der Waals surface area contributed by atoms with Gasteiger partial charge >= 0.3 is 0 Å². The minimum Gasteiger partial charge on any atom is -0.364 e. The Morgan fingerprint density at radius 1 is 1.39 bits per heavy atom. The molecule has 0 saturated carbocycles. The zero-order valence-electron chi connectivity index (χ0n) is 9.11. The van der Waals surface area contributed by atoms with Crippen molar-refractivity contribution in [2.75, 3.05) is 0 Å². The van der Waals surface area contributed by atoms with Crippen molar-refractivity contribution >= 4 is 52.2 Å². The van der Waals surface area contributed by atoms with Crippen LogP contribution in [0.1, 0.15) is 15.5 Å². The van der Waals surface area contributed by atoms with Gasteiger partial charge in [-0.2, -0.15) is 0 Å². The first-order chi connectivity index (χ1) is 8.49. The lowest BCUT2D eigenvalue weighted by atomic mass is 10.5. The second-order valence-electron chi connectivity index (χ2n) is 3.29. The predicted octanol–water partition coefficient (Wildman–Crippen LogP) is 3.40. The zero-order chi connectivity index (χ0) is 13.3. The third kappa shape index (κ3) is 2.77. The van der Waals surface area contributed by atoms with E-state index in [9.17, 15) is 4.79 Å². The number of primary amides is 1. The van der Waals surface area contributed by atoms with Crippen molar-refractivity contribution in [2.24, 2.45) is 5.73 Å². The van der Waals surface area contributed by atoms with E-state index in [1.54, 1.807) is 6.92 Å². The summed E-state index contributed by atoms with van der Waals surface area (Å²) in [6.45, 7) is 1.80. The minimum absolute atomic E-state index is 0.274. The topological polar surface area (TPSA) is 68.9 Å². The standard InChI is InChI=1S/C10H7Cl2N3OS2/c1-4-10(18-9(15-4)8(13)16)17-7-5(11)2-14-3-6(7)12/h2-3H,1H3,(H2,13,16). The largest absolute Gasteiger partial charge is 0.364 e. The average Bonchev–Trinajstić information content (AvgIpc) is 2.66. The first-order valence-corrected chi connectivity index (χ1v) is 7.12. The summed E-state index contributed by atoms with van der Waals surface area (Å²) in [6, 6.07) is 0. The van der Waals surface area contributed by atoms with Crippen LogP contribution in [0.3, 0.4) is 0 Å². The average molecular weight is 320 g/mol. The fraction of sp³-hybridized carbons (Fsp3) is 0.100. The molecule has 0 aliphatic carbocycles. The molecule has 2 aromatic rings. The molecule has 0 aliphatic heterocycles. The van der Waals surface area contributed by atoms with Gasteiger partial charge < -0.3 is 5.73 Å². The van der Waals surface area contributed by atoms with Gasteiger partial charge in [0.05, 0.1) is 24.8 Å². The van der Waals surface area contributed by atoms with Crippen molar-refractivity contribution in [3.05, 3.63) is 33.1 Å². The van der Waals surface area contributed by atoms with Gasteiger partial charge in [-0.3, -0.25) is 9.78 Å². The van der Waals surface area contributed by atoms with Crippen molar-refractivity contribution < 1.29 is 4.79 Å². The van der Waals surface area contributed by atoms with Crippen LogP contribution >= 0.6 is 46.3 Å². The molecule has 8 heteroatoms. The summed E-state index contributed by atoms with van der Waals surface area (Å²) in [6.07, 6.45) is 3.03. The van der Waals surface area contributed by atoms with Crippen molar-refractivity contribution in [1.29, 1.82) is 0 Å². The van der Waals surface area contributed by atoms with E-state index < -0.39 is 5.91 Å². The quantitative estimate of drug-likeness (QED) is 0.941. The molecule has 0 bridgehead atoms. The molecule has 0 atom stereocenters. The lowest BCUT2D eigenvalue weighted by Crippen LogP contribution is -2.10. The molecule has 0 saturated heterocycles. The Morgan fingerprint density at radius 3 is 2.50 bits per heavy atom. The van der Waals surface area contributed by atoms with Gasteiger partial charge in [-0.1, -0.05) is 35.0 Å². The summed E-state index contributed by atoms with van der Waals surface area (Å²) >= 11 is 14.6. The molecule has 4 nitrogen and oxygen atoms in total. The molecule has 0 fully saturated rings. The van der Waals surface area contributed by atoms with E-state index >= 15 is 0 Å². The van der Waals surface area contributed by atoms with Crippen LogP contribution in [0.2, 0.25) is 10.0 Å². The summed E-state index contributed by atoms with van der Waals surface area (Å²) in [5.74, 6) is -0.540. The predicted molar refractivity (Wildman–Crippen MR) is 73.7 cm³/mol. The Morgan fingerprint density at radius 2 is 2.00 bits per heavy atom. The second-order valence-corrected chi connectivity index (χ2v) is 6.38. The normalized spacial score (nSPS) is 10.6. The first-order valence-electron chi connectivity index (χ1n) is 4.73. The molecule has 18 heavy (non-hydrogen) atoms. The summed E-state index contributed by atoms with van der Waals surface area (Å²) in [5.41, 5.74) is 5.91. The molecular formula is C10H7Cl2N3OS2. The van der Waals surface area contributed by atoms with Gasteiger partial charge in [0.2, 0.25) is 0 Å². The number of carbonyl (C=O) groups excluding carboxylic acids is 1. The van der Waals surface area contributed by atoms with Crippen LogP contribution in [0, 0.1) is 6.92 Å². The Bertz CT molecular complexity index is 595. The molecule has 0 aromatic carbocycles. The third-order valence-electron chi connectivity index (χ3n) is 1.97. The SMILES string of the molecule is Cc1nc(C(N)=O)sc1Sc1c(Cl)cncc1Cl. The van der Waals surface area contributed by atoms with E-state index in [2.05, 4.69) is 9.97 Å². The number of nitrogens with zero attached hydrogens (tertiary/aromatic N) is 2. The van der Waals surface area contributed by atoms with Crippen molar-refractivity contribution in [2.45, 2.75) is 16.0 Å². The second kappa shape index (κ2) is 5.44. The monoisotopic (exact) mass is 319 g/mol. The lowest BCUT2D eigenvalue weighted by molar-refractivity contribution is 0.1000.